The Morgan fingerprint density at radius 1 is 1.29 bits per heavy atom. The van der Waals surface area contributed by atoms with Gasteiger partial charge in [-0.1, -0.05) is 13.8 Å². The molecule has 0 aliphatic heterocycles. The molecule has 0 atom stereocenters. The molecule has 0 unspecified atom stereocenters. The number of ketones is 1. The molecule has 0 aliphatic rings. The van der Waals surface area contributed by atoms with Crippen LogP contribution in [-0.2, 0) is 9.53 Å². The van der Waals surface area contributed by atoms with Crippen LogP contribution < -0.4 is 0 Å². The average Bonchev–Trinajstić information content (AvgIpc) is 2.88. The molecule has 5 nitrogen and oxygen atoms in total. The van der Waals surface area contributed by atoms with E-state index in [-0.39, 0.29) is 5.78 Å². The Morgan fingerprint density at radius 2 is 1.95 bits per heavy atom. The van der Waals surface area contributed by atoms with E-state index < -0.39 is 11.4 Å². The third-order valence-corrected chi connectivity index (χ3v) is 3.60. The number of carbonyl (C=O) groups is 2. The third kappa shape index (κ3) is 2.68. The molecule has 0 radical (unpaired) electrons. The molecule has 2 aromatic heterocycles. The summed E-state index contributed by atoms with van der Waals surface area (Å²) in [5.74, 6) is -0.510. The molecular formula is C16H20N2O3. The Labute approximate surface area is 123 Å². The number of carbonyl (C=O) groups excluding carboxylic acids is 2. The molecule has 2 aromatic rings. The van der Waals surface area contributed by atoms with Gasteiger partial charge in [-0.2, -0.15) is 5.10 Å². The van der Waals surface area contributed by atoms with Gasteiger partial charge in [0.1, 0.15) is 5.41 Å². The molecule has 2 heterocycles. The molecule has 0 saturated carbocycles. The van der Waals surface area contributed by atoms with Gasteiger partial charge in [-0.25, -0.2) is 4.52 Å². The summed E-state index contributed by atoms with van der Waals surface area (Å²) in [6, 6.07) is 5.54. The Morgan fingerprint density at radius 3 is 2.52 bits per heavy atom. The normalized spacial score (nSPS) is 11.9. The van der Waals surface area contributed by atoms with Crippen LogP contribution in [0.1, 0.15) is 49.7 Å². The predicted octanol–water partition coefficient (Wildman–Crippen LogP) is 2.84. The zero-order valence-electron chi connectivity index (χ0n) is 13.0. The van der Waals surface area contributed by atoms with Crippen molar-refractivity contribution in [3.05, 3.63) is 35.7 Å². The van der Waals surface area contributed by atoms with Crippen molar-refractivity contribution in [3.8, 4) is 0 Å². The molecule has 0 spiro atoms. The van der Waals surface area contributed by atoms with Crippen LogP contribution in [0.5, 0.6) is 0 Å². The molecule has 0 bridgehead atoms. The maximum Gasteiger partial charge on any atom is 0.319 e. The highest BCUT2D eigenvalue weighted by molar-refractivity contribution is 6.11. The molecule has 21 heavy (non-hydrogen) atoms. The molecule has 5 heteroatoms. The van der Waals surface area contributed by atoms with Gasteiger partial charge in [0, 0.05) is 11.8 Å². The highest BCUT2D eigenvalue weighted by Gasteiger charge is 2.37. The summed E-state index contributed by atoms with van der Waals surface area (Å²) in [6.45, 7) is 7.25. The van der Waals surface area contributed by atoms with Crippen molar-refractivity contribution in [1.29, 1.82) is 0 Å². The van der Waals surface area contributed by atoms with Gasteiger partial charge < -0.3 is 4.74 Å². The van der Waals surface area contributed by atoms with E-state index in [1.165, 1.54) is 7.11 Å². The predicted molar refractivity (Wildman–Crippen MR) is 79.4 cm³/mol. The second-order valence-corrected chi connectivity index (χ2v) is 5.96. The van der Waals surface area contributed by atoms with E-state index in [9.17, 15) is 9.59 Å². The van der Waals surface area contributed by atoms with Gasteiger partial charge >= 0.3 is 5.97 Å². The molecule has 0 fully saturated rings. The molecule has 112 valence electrons. The number of hydrogen-bond acceptors (Lipinski definition) is 4. The fraction of sp³-hybridized carbons (Fsp3) is 0.438. The largest absolute Gasteiger partial charge is 0.468 e. The zero-order valence-corrected chi connectivity index (χ0v) is 13.0. The lowest BCUT2D eigenvalue weighted by Gasteiger charge is -2.19. The quantitative estimate of drug-likeness (QED) is 0.493. The molecule has 0 N–H and O–H groups in total. The highest BCUT2D eigenvalue weighted by atomic mass is 16.5. The van der Waals surface area contributed by atoms with Gasteiger partial charge in [-0.05, 0) is 38.0 Å². The Balaban J connectivity index is 2.43. The number of Topliss-reactive ketones (excluding diaryl/α,β-unsaturated/α-hetero) is 1. The van der Waals surface area contributed by atoms with Crippen molar-refractivity contribution < 1.29 is 14.3 Å². The fourth-order valence-corrected chi connectivity index (χ4v) is 2.13. The van der Waals surface area contributed by atoms with Crippen LogP contribution in [0.2, 0.25) is 0 Å². The summed E-state index contributed by atoms with van der Waals surface area (Å²) in [6.07, 6.45) is 1.66. The standard InChI is InChI=1S/C16H20N2O3/c1-10(2)13-8-12-7-6-11(9-18(12)17-13)14(19)16(3,4)15(20)21-5/h6-10H,1-5H3. The van der Waals surface area contributed by atoms with Crippen molar-refractivity contribution in [3.63, 3.8) is 0 Å². The van der Waals surface area contributed by atoms with Crippen LogP contribution in [0, 0.1) is 5.41 Å². The summed E-state index contributed by atoms with van der Waals surface area (Å²) in [7, 11) is 1.28. The van der Waals surface area contributed by atoms with Crippen LogP contribution in [-0.4, -0.2) is 28.5 Å². The number of nitrogens with zero attached hydrogens (tertiary/aromatic N) is 2. The molecule has 0 aliphatic carbocycles. The minimum absolute atomic E-state index is 0.280. The molecular weight excluding hydrogens is 268 g/mol. The number of fused-ring (bicyclic) bond motifs is 1. The minimum Gasteiger partial charge on any atom is -0.468 e. The Hall–Kier alpha value is -2.17. The van der Waals surface area contributed by atoms with Crippen molar-refractivity contribution in [2.75, 3.05) is 7.11 Å². The SMILES string of the molecule is COC(=O)C(C)(C)C(=O)c1ccc2cc(C(C)C)nn2c1. The number of pyridine rings is 1. The number of rotatable bonds is 4. The van der Waals surface area contributed by atoms with E-state index in [0.29, 0.717) is 11.5 Å². The average molecular weight is 288 g/mol. The van der Waals surface area contributed by atoms with Crippen LogP contribution >= 0.6 is 0 Å². The van der Waals surface area contributed by atoms with Crippen molar-refractivity contribution in [2.45, 2.75) is 33.6 Å². The number of esters is 1. The second kappa shape index (κ2) is 5.31. The smallest absolute Gasteiger partial charge is 0.319 e. The van der Waals surface area contributed by atoms with E-state index in [4.69, 9.17) is 4.74 Å². The van der Waals surface area contributed by atoms with E-state index in [1.54, 1.807) is 30.6 Å². The van der Waals surface area contributed by atoms with Gasteiger partial charge in [0.15, 0.2) is 5.78 Å². The number of ether oxygens (including phenoxy) is 1. The lowest BCUT2D eigenvalue weighted by atomic mass is 9.85. The van der Waals surface area contributed by atoms with Crippen LogP contribution in [0.15, 0.2) is 24.4 Å². The maximum absolute atomic E-state index is 12.5. The lowest BCUT2D eigenvalue weighted by molar-refractivity contribution is -0.147. The third-order valence-electron chi connectivity index (χ3n) is 3.60. The summed E-state index contributed by atoms with van der Waals surface area (Å²) in [4.78, 5) is 24.2. The second-order valence-electron chi connectivity index (χ2n) is 5.96. The molecule has 0 saturated heterocycles. The van der Waals surface area contributed by atoms with Crippen LogP contribution in [0.25, 0.3) is 5.52 Å². The lowest BCUT2D eigenvalue weighted by Crippen LogP contribution is -2.34. The number of aromatic nitrogens is 2. The number of methoxy groups -OCH3 is 1. The monoisotopic (exact) mass is 288 g/mol. The summed E-state index contributed by atoms with van der Waals surface area (Å²) in [5, 5.41) is 4.45. The first-order valence-electron chi connectivity index (χ1n) is 6.90. The molecule has 0 amide bonds. The van der Waals surface area contributed by atoms with Crippen molar-refractivity contribution in [2.24, 2.45) is 5.41 Å². The van der Waals surface area contributed by atoms with Gasteiger partial charge in [0.25, 0.3) is 0 Å². The summed E-state index contributed by atoms with van der Waals surface area (Å²) < 4.78 is 6.38. The van der Waals surface area contributed by atoms with E-state index in [2.05, 4.69) is 18.9 Å². The van der Waals surface area contributed by atoms with E-state index in [1.807, 2.05) is 12.1 Å². The first-order valence-corrected chi connectivity index (χ1v) is 6.90. The molecule has 2 rings (SSSR count). The van der Waals surface area contributed by atoms with Gasteiger partial charge in [0.05, 0.1) is 18.3 Å². The maximum atomic E-state index is 12.5. The first kappa shape index (κ1) is 15.2. The topological polar surface area (TPSA) is 60.7 Å². The van der Waals surface area contributed by atoms with Gasteiger partial charge in [0.2, 0.25) is 0 Å². The van der Waals surface area contributed by atoms with Gasteiger partial charge in [-0.15, -0.1) is 0 Å². The highest BCUT2D eigenvalue weighted by Crippen LogP contribution is 2.24. The number of hydrogen-bond donors (Lipinski definition) is 0. The Bertz CT molecular complexity index is 699. The minimum atomic E-state index is -1.21. The van der Waals surface area contributed by atoms with E-state index >= 15 is 0 Å². The first-order chi connectivity index (χ1) is 9.77. The van der Waals surface area contributed by atoms with Crippen molar-refractivity contribution in [1.82, 2.24) is 9.61 Å². The molecule has 0 aromatic carbocycles. The Kier molecular flexibility index (Phi) is 3.85. The zero-order chi connectivity index (χ0) is 15.8. The summed E-state index contributed by atoms with van der Waals surface area (Å²) >= 11 is 0. The van der Waals surface area contributed by atoms with Crippen LogP contribution in [0.3, 0.4) is 0 Å². The fourth-order valence-electron chi connectivity index (χ4n) is 2.13. The summed E-state index contributed by atoms with van der Waals surface area (Å²) in [5.41, 5.74) is 1.12. The van der Waals surface area contributed by atoms with Gasteiger partial charge in [-0.3, -0.25) is 9.59 Å². The van der Waals surface area contributed by atoms with E-state index in [0.717, 1.165) is 11.2 Å². The van der Waals surface area contributed by atoms with Crippen molar-refractivity contribution >= 4 is 17.3 Å². The van der Waals surface area contributed by atoms with Crippen LogP contribution in [0.4, 0.5) is 0 Å².